The van der Waals surface area contributed by atoms with Crippen LogP contribution < -0.4 is 14.4 Å². The topological polar surface area (TPSA) is 75.7 Å². The van der Waals surface area contributed by atoms with Gasteiger partial charge in [0.2, 0.25) is 5.91 Å². The van der Waals surface area contributed by atoms with E-state index >= 15 is 0 Å². The lowest BCUT2D eigenvalue weighted by molar-refractivity contribution is -0.121. The number of hydrogen-bond donors (Lipinski definition) is 1. The van der Waals surface area contributed by atoms with Gasteiger partial charge in [-0.3, -0.25) is 9.10 Å². The summed E-state index contributed by atoms with van der Waals surface area (Å²) < 4.78 is 33.5. The van der Waals surface area contributed by atoms with Crippen LogP contribution in [0.5, 0.6) is 5.75 Å². The summed E-state index contributed by atoms with van der Waals surface area (Å²) in [5.41, 5.74) is 2.15. The molecule has 0 aliphatic rings. The number of nitrogens with zero attached hydrogens (tertiary/aromatic N) is 1. The van der Waals surface area contributed by atoms with Crippen molar-refractivity contribution in [3.63, 3.8) is 0 Å². The average Bonchev–Trinajstić information content (AvgIpc) is 2.68. The molecule has 0 saturated heterocycles. The van der Waals surface area contributed by atoms with Crippen molar-refractivity contribution < 1.29 is 17.9 Å². The average molecular weight is 433 g/mol. The van der Waals surface area contributed by atoms with Gasteiger partial charge in [0.15, 0.2) is 0 Å². The van der Waals surface area contributed by atoms with Gasteiger partial charge in [0.1, 0.15) is 5.75 Å². The van der Waals surface area contributed by atoms with Crippen LogP contribution in [0.2, 0.25) is 0 Å². The quantitative estimate of drug-likeness (QED) is 0.648. The van der Waals surface area contributed by atoms with E-state index < -0.39 is 10.0 Å². The molecule has 1 amide bonds. The zero-order valence-electron chi connectivity index (χ0n) is 18.6. The van der Waals surface area contributed by atoms with Crippen molar-refractivity contribution in [2.75, 3.05) is 18.0 Å². The smallest absolute Gasteiger partial charge is 0.264 e. The highest BCUT2D eigenvalue weighted by Gasteiger charge is 2.27. The standard InChI is InChI=1S/C23H32N2O4S/c1-16(2)19(5)24-23(26)13-14-25(20-8-10-21(29-6)11-9-20)30(27,28)22-12-7-17(3)15-18(22)4/h7-12,15-16,19H,13-14H2,1-6H3,(H,24,26). The first-order valence-electron chi connectivity index (χ1n) is 10.1. The van der Waals surface area contributed by atoms with Crippen molar-refractivity contribution in [3.05, 3.63) is 53.6 Å². The zero-order chi connectivity index (χ0) is 22.5. The summed E-state index contributed by atoms with van der Waals surface area (Å²) in [7, 11) is -2.29. The molecular weight excluding hydrogens is 400 g/mol. The van der Waals surface area contributed by atoms with E-state index in [1.165, 1.54) is 4.31 Å². The third-order valence-corrected chi connectivity index (χ3v) is 7.18. The molecule has 1 unspecified atom stereocenters. The largest absolute Gasteiger partial charge is 0.497 e. The molecule has 1 atom stereocenters. The minimum atomic E-state index is -3.85. The number of anilines is 1. The number of benzene rings is 2. The fraction of sp³-hybridized carbons (Fsp3) is 0.435. The number of methoxy groups -OCH3 is 1. The molecule has 2 aromatic rings. The lowest BCUT2D eigenvalue weighted by Crippen LogP contribution is -2.39. The van der Waals surface area contributed by atoms with Crippen LogP contribution in [-0.4, -0.2) is 34.0 Å². The molecule has 2 rings (SSSR count). The van der Waals surface area contributed by atoms with Crippen LogP contribution in [0.25, 0.3) is 0 Å². The summed E-state index contributed by atoms with van der Waals surface area (Å²) in [6.07, 6.45) is 0.0627. The molecule has 0 aliphatic carbocycles. The maximum Gasteiger partial charge on any atom is 0.264 e. The Morgan fingerprint density at radius 1 is 1.07 bits per heavy atom. The maximum atomic E-state index is 13.5. The molecule has 0 bridgehead atoms. The van der Waals surface area contributed by atoms with Gasteiger partial charge in [-0.2, -0.15) is 0 Å². The highest BCUT2D eigenvalue weighted by Crippen LogP contribution is 2.28. The van der Waals surface area contributed by atoms with Crippen LogP contribution in [0, 0.1) is 19.8 Å². The molecule has 0 spiro atoms. The molecule has 2 aromatic carbocycles. The molecule has 0 fully saturated rings. The third-order valence-electron chi connectivity index (χ3n) is 5.19. The number of amides is 1. The summed E-state index contributed by atoms with van der Waals surface area (Å²) in [6.45, 7) is 9.74. The summed E-state index contributed by atoms with van der Waals surface area (Å²) in [5.74, 6) is 0.752. The van der Waals surface area contributed by atoms with Crippen molar-refractivity contribution in [3.8, 4) is 5.75 Å². The van der Waals surface area contributed by atoms with E-state index in [0.29, 0.717) is 22.9 Å². The highest BCUT2D eigenvalue weighted by molar-refractivity contribution is 7.92. The molecule has 0 aromatic heterocycles. The van der Waals surface area contributed by atoms with Gasteiger partial charge in [0.05, 0.1) is 17.7 Å². The van der Waals surface area contributed by atoms with E-state index in [-0.39, 0.29) is 29.8 Å². The predicted molar refractivity (Wildman–Crippen MR) is 121 cm³/mol. The van der Waals surface area contributed by atoms with Gasteiger partial charge < -0.3 is 10.1 Å². The van der Waals surface area contributed by atoms with Crippen molar-refractivity contribution in [1.82, 2.24) is 5.32 Å². The first-order chi connectivity index (χ1) is 14.1. The van der Waals surface area contributed by atoms with Crippen molar-refractivity contribution in [2.24, 2.45) is 5.92 Å². The minimum absolute atomic E-state index is 0.0166. The van der Waals surface area contributed by atoms with E-state index in [1.54, 1.807) is 50.4 Å². The molecule has 164 valence electrons. The van der Waals surface area contributed by atoms with Crippen molar-refractivity contribution in [2.45, 2.75) is 52.0 Å². The van der Waals surface area contributed by atoms with Crippen LogP contribution in [0.3, 0.4) is 0 Å². The molecule has 7 heteroatoms. The zero-order valence-corrected chi connectivity index (χ0v) is 19.4. The first kappa shape index (κ1) is 23.7. The number of ether oxygens (including phenoxy) is 1. The minimum Gasteiger partial charge on any atom is -0.497 e. The highest BCUT2D eigenvalue weighted by atomic mass is 32.2. The molecular formula is C23H32N2O4S. The predicted octanol–water partition coefficient (Wildman–Crippen LogP) is 4.06. The van der Waals surface area contributed by atoms with Crippen molar-refractivity contribution >= 4 is 21.6 Å². The fourth-order valence-corrected chi connectivity index (χ4v) is 4.71. The van der Waals surface area contributed by atoms with Gasteiger partial charge in [0, 0.05) is 19.0 Å². The van der Waals surface area contributed by atoms with E-state index in [0.717, 1.165) is 5.56 Å². The molecule has 30 heavy (non-hydrogen) atoms. The summed E-state index contributed by atoms with van der Waals surface area (Å²) in [4.78, 5) is 12.7. The summed E-state index contributed by atoms with van der Waals surface area (Å²) in [6, 6.07) is 12.1. The van der Waals surface area contributed by atoms with E-state index in [4.69, 9.17) is 4.74 Å². The lowest BCUT2D eigenvalue weighted by Gasteiger charge is -2.26. The number of rotatable bonds is 9. The second kappa shape index (κ2) is 9.98. The normalized spacial score (nSPS) is 12.5. The molecule has 0 saturated carbocycles. The third kappa shape index (κ3) is 5.75. The van der Waals surface area contributed by atoms with Crippen molar-refractivity contribution in [1.29, 1.82) is 0 Å². The van der Waals surface area contributed by atoms with E-state index in [1.807, 2.05) is 33.8 Å². The number of carbonyl (C=O) groups is 1. The molecule has 0 aliphatic heterocycles. The number of nitrogens with one attached hydrogen (secondary N) is 1. The van der Waals surface area contributed by atoms with Gasteiger partial charge in [-0.1, -0.05) is 31.5 Å². The summed E-state index contributed by atoms with van der Waals surface area (Å²) in [5, 5.41) is 2.93. The Hall–Kier alpha value is -2.54. The second-order valence-corrected chi connectivity index (χ2v) is 9.73. The van der Waals surface area contributed by atoms with Gasteiger partial charge in [-0.15, -0.1) is 0 Å². The van der Waals surface area contributed by atoms with E-state index in [9.17, 15) is 13.2 Å². The summed E-state index contributed by atoms with van der Waals surface area (Å²) >= 11 is 0. The number of carbonyl (C=O) groups excluding carboxylic acids is 1. The van der Waals surface area contributed by atoms with Crippen LogP contribution in [0.1, 0.15) is 38.3 Å². The Morgan fingerprint density at radius 3 is 2.23 bits per heavy atom. The monoisotopic (exact) mass is 432 g/mol. The number of hydrogen-bond acceptors (Lipinski definition) is 4. The Kier molecular flexibility index (Phi) is 7.89. The SMILES string of the molecule is COc1ccc(N(CCC(=O)NC(C)C(C)C)S(=O)(=O)c2ccc(C)cc2C)cc1. The maximum absolute atomic E-state index is 13.5. The Labute approximate surface area is 180 Å². The van der Waals surface area contributed by atoms with Gasteiger partial charge in [-0.25, -0.2) is 8.42 Å². The lowest BCUT2D eigenvalue weighted by atomic mass is 10.1. The Bertz CT molecular complexity index is 969. The fourth-order valence-electron chi connectivity index (χ4n) is 3.04. The Morgan fingerprint density at radius 2 is 1.70 bits per heavy atom. The van der Waals surface area contributed by atoms with Gasteiger partial charge in [0.25, 0.3) is 10.0 Å². The molecule has 1 N–H and O–H groups in total. The first-order valence-corrected chi connectivity index (χ1v) is 11.5. The van der Waals surface area contributed by atoms with Gasteiger partial charge in [-0.05, 0) is 62.6 Å². The van der Waals surface area contributed by atoms with Crippen LogP contribution in [-0.2, 0) is 14.8 Å². The second-order valence-electron chi connectivity index (χ2n) is 7.89. The van der Waals surface area contributed by atoms with Crippen LogP contribution >= 0.6 is 0 Å². The molecule has 0 radical (unpaired) electrons. The number of sulfonamides is 1. The Balaban J connectivity index is 2.36. The van der Waals surface area contributed by atoms with E-state index in [2.05, 4.69) is 5.32 Å². The molecule has 6 nitrogen and oxygen atoms in total. The van der Waals surface area contributed by atoms with Gasteiger partial charge >= 0.3 is 0 Å². The van der Waals surface area contributed by atoms with Crippen LogP contribution in [0.4, 0.5) is 5.69 Å². The van der Waals surface area contributed by atoms with Crippen LogP contribution in [0.15, 0.2) is 47.4 Å². The molecule has 0 heterocycles. The number of aryl methyl sites for hydroxylation is 2.